The number of para-hydroxylation sites is 1. The molecule has 1 saturated heterocycles. The molecular formula is C20H27N2O3+. The Morgan fingerprint density at radius 3 is 2.48 bits per heavy atom. The summed E-state index contributed by atoms with van der Waals surface area (Å²) < 4.78 is 10.9. The maximum atomic E-state index is 10.3. The normalized spacial score (nSPS) is 16.5. The summed E-state index contributed by atoms with van der Waals surface area (Å²) in [7, 11) is 1.63. The summed E-state index contributed by atoms with van der Waals surface area (Å²) in [5, 5.41) is 10.3. The number of rotatable bonds is 7. The number of aliphatic hydroxyl groups is 1. The summed E-state index contributed by atoms with van der Waals surface area (Å²) in [5.74, 6) is 1.48. The van der Waals surface area contributed by atoms with Crippen LogP contribution in [0, 0.1) is 0 Å². The van der Waals surface area contributed by atoms with Crippen molar-refractivity contribution in [2.75, 3.05) is 51.3 Å². The molecule has 1 aliphatic rings. The van der Waals surface area contributed by atoms with Crippen molar-refractivity contribution in [2.24, 2.45) is 0 Å². The molecule has 134 valence electrons. The van der Waals surface area contributed by atoms with Crippen molar-refractivity contribution in [1.82, 2.24) is 0 Å². The van der Waals surface area contributed by atoms with Crippen molar-refractivity contribution in [1.29, 1.82) is 0 Å². The molecule has 5 heteroatoms. The van der Waals surface area contributed by atoms with Crippen LogP contribution in [0.1, 0.15) is 0 Å². The van der Waals surface area contributed by atoms with Crippen molar-refractivity contribution in [3.8, 4) is 11.5 Å². The van der Waals surface area contributed by atoms with Gasteiger partial charge in [-0.25, -0.2) is 0 Å². The lowest BCUT2D eigenvalue weighted by Gasteiger charge is -2.34. The van der Waals surface area contributed by atoms with Crippen LogP contribution >= 0.6 is 0 Å². The topological polar surface area (TPSA) is 46.4 Å². The van der Waals surface area contributed by atoms with E-state index >= 15 is 0 Å². The average Bonchev–Trinajstić information content (AvgIpc) is 2.68. The van der Waals surface area contributed by atoms with Crippen molar-refractivity contribution in [3.63, 3.8) is 0 Å². The first-order valence-electron chi connectivity index (χ1n) is 8.83. The van der Waals surface area contributed by atoms with Crippen LogP contribution in [0.2, 0.25) is 0 Å². The van der Waals surface area contributed by atoms with E-state index in [1.54, 1.807) is 7.11 Å². The number of hydrogen-bond acceptors (Lipinski definition) is 4. The Morgan fingerprint density at radius 1 is 1.04 bits per heavy atom. The zero-order chi connectivity index (χ0) is 17.5. The highest BCUT2D eigenvalue weighted by Crippen LogP contribution is 2.18. The quantitative estimate of drug-likeness (QED) is 0.782. The third-order valence-electron chi connectivity index (χ3n) is 4.60. The molecule has 2 aromatic carbocycles. The van der Waals surface area contributed by atoms with Gasteiger partial charge >= 0.3 is 0 Å². The fourth-order valence-electron chi connectivity index (χ4n) is 3.20. The maximum absolute atomic E-state index is 10.3. The summed E-state index contributed by atoms with van der Waals surface area (Å²) in [6, 6.07) is 18.0. The van der Waals surface area contributed by atoms with Crippen LogP contribution < -0.4 is 19.3 Å². The second kappa shape index (κ2) is 8.74. The maximum Gasteiger partial charge on any atom is 0.137 e. The number of piperazine rings is 1. The van der Waals surface area contributed by atoms with E-state index in [2.05, 4.69) is 29.2 Å². The first kappa shape index (κ1) is 17.6. The third-order valence-corrected chi connectivity index (χ3v) is 4.60. The molecule has 1 heterocycles. The number of benzene rings is 2. The predicted molar refractivity (Wildman–Crippen MR) is 98.7 cm³/mol. The molecule has 0 saturated carbocycles. The summed E-state index contributed by atoms with van der Waals surface area (Å²) in [6.45, 7) is 5.12. The number of anilines is 1. The van der Waals surface area contributed by atoms with E-state index < -0.39 is 6.10 Å². The van der Waals surface area contributed by atoms with Crippen molar-refractivity contribution in [3.05, 3.63) is 54.6 Å². The number of aliphatic hydroxyl groups excluding tert-OH is 1. The molecular weight excluding hydrogens is 316 g/mol. The minimum absolute atomic E-state index is 0.305. The zero-order valence-electron chi connectivity index (χ0n) is 14.7. The van der Waals surface area contributed by atoms with Gasteiger partial charge in [0.15, 0.2) is 0 Å². The zero-order valence-corrected chi connectivity index (χ0v) is 14.7. The number of ether oxygens (including phenoxy) is 2. The van der Waals surface area contributed by atoms with E-state index in [1.807, 2.05) is 30.3 Å². The molecule has 25 heavy (non-hydrogen) atoms. The minimum Gasteiger partial charge on any atom is -0.497 e. The van der Waals surface area contributed by atoms with E-state index in [9.17, 15) is 5.11 Å². The Hall–Kier alpha value is -2.24. The fourth-order valence-corrected chi connectivity index (χ4v) is 3.20. The molecule has 0 unspecified atom stereocenters. The Morgan fingerprint density at radius 2 is 1.76 bits per heavy atom. The van der Waals surface area contributed by atoms with Gasteiger partial charge in [0.2, 0.25) is 0 Å². The number of methoxy groups -OCH3 is 1. The minimum atomic E-state index is -0.468. The second-order valence-electron chi connectivity index (χ2n) is 6.42. The van der Waals surface area contributed by atoms with Crippen molar-refractivity contribution >= 4 is 5.69 Å². The number of nitrogens with one attached hydrogen (secondary N) is 1. The second-order valence-corrected chi connectivity index (χ2v) is 6.42. The van der Waals surface area contributed by atoms with Gasteiger partial charge in [0.1, 0.15) is 30.8 Å². The van der Waals surface area contributed by atoms with Crippen molar-refractivity contribution in [2.45, 2.75) is 6.10 Å². The molecule has 1 aliphatic heterocycles. The van der Waals surface area contributed by atoms with Crippen LogP contribution in [-0.4, -0.2) is 57.7 Å². The molecule has 5 nitrogen and oxygen atoms in total. The molecule has 0 bridgehead atoms. The highest BCUT2D eigenvalue weighted by molar-refractivity contribution is 5.46. The van der Waals surface area contributed by atoms with E-state index in [-0.39, 0.29) is 0 Å². The van der Waals surface area contributed by atoms with Crippen LogP contribution in [0.4, 0.5) is 5.69 Å². The van der Waals surface area contributed by atoms with Gasteiger partial charge < -0.3 is 24.4 Å². The Bertz CT molecular complexity index is 642. The van der Waals surface area contributed by atoms with E-state index in [0.29, 0.717) is 13.2 Å². The standard InChI is InChI=1S/C20H26N2O3/c1-24-19-8-5-9-20(14-19)25-16-18(23)15-21-10-12-22(13-11-21)17-6-3-2-4-7-17/h2-9,14,18,23H,10-13,15-16H2,1H3/p+1/t18-/m0/s1. The van der Waals surface area contributed by atoms with E-state index in [1.165, 1.54) is 10.6 Å². The number of quaternary nitrogens is 1. The lowest BCUT2D eigenvalue weighted by atomic mass is 10.2. The predicted octanol–water partition coefficient (Wildman–Crippen LogP) is 0.840. The van der Waals surface area contributed by atoms with Gasteiger partial charge in [-0.2, -0.15) is 0 Å². The first-order chi connectivity index (χ1) is 12.2. The van der Waals surface area contributed by atoms with Gasteiger partial charge in [-0.15, -0.1) is 0 Å². The molecule has 2 aromatic rings. The SMILES string of the molecule is COc1cccc(OC[C@@H](O)C[NH+]2CCN(c3ccccc3)CC2)c1. The van der Waals surface area contributed by atoms with Crippen LogP contribution in [0.3, 0.4) is 0 Å². The lowest BCUT2D eigenvalue weighted by molar-refractivity contribution is -0.903. The van der Waals surface area contributed by atoms with E-state index in [0.717, 1.165) is 37.7 Å². The van der Waals surface area contributed by atoms with Gasteiger partial charge in [-0.1, -0.05) is 24.3 Å². The van der Waals surface area contributed by atoms with E-state index in [4.69, 9.17) is 9.47 Å². The summed E-state index contributed by atoms with van der Waals surface area (Å²) in [6.07, 6.45) is -0.468. The molecule has 3 rings (SSSR count). The van der Waals surface area contributed by atoms with Gasteiger partial charge in [0.25, 0.3) is 0 Å². The van der Waals surface area contributed by atoms with Gasteiger partial charge in [0, 0.05) is 11.8 Å². The third kappa shape index (κ3) is 5.11. The van der Waals surface area contributed by atoms with Gasteiger partial charge in [-0.3, -0.25) is 0 Å². The average molecular weight is 343 g/mol. The van der Waals surface area contributed by atoms with Crippen molar-refractivity contribution < 1.29 is 19.5 Å². The monoisotopic (exact) mass is 343 g/mol. The van der Waals surface area contributed by atoms with Crippen LogP contribution in [0.25, 0.3) is 0 Å². The number of hydrogen-bond donors (Lipinski definition) is 2. The summed E-state index contributed by atoms with van der Waals surface area (Å²) in [5.41, 5.74) is 1.28. The highest BCUT2D eigenvalue weighted by atomic mass is 16.5. The van der Waals surface area contributed by atoms with Crippen LogP contribution in [0.15, 0.2) is 54.6 Å². The molecule has 0 spiro atoms. The fraction of sp³-hybridized carbons (Fsp3) is 0.400. The molecule has 0 radical (unpaired) electrons. The Labute approximate surface area is 149 Å². The summed E-state index contributed by atoms with van der Waals surface area (Å²) >= 11 is 0. The van der Waals surface area contributed by atoms with Gasteiger partial charge in [-0.05, 0) is 24.3 Å². The molecule has 0 aliphatic carbocycles. The molecule has 0 aromatic heterocycles. The lowest BCUT2D eigenvalue weighted by Crippen LogP contribution is -3.16. The van der Waals surface area contributed by atoms with Crippen LogP contribution in [0.5, 0.6) is 11.5 Å². The molecule has 1 fully saturated rings. The Kier molecular flexibility index (Phi) is 6.14. The largest absolute Gasteiger partial charge is 0.497 e. The summed E-state index contributed by atoms with van der Waals surface area (Å²) in [4.78, 5) is 3.83. The molecule has 1 atom stereocenters. The van der Waals surface area contributed by atoms with Crippen LogP contribution in [-0.2, 0) is 0 Å². The Balaban J connectivity index is 1.41. The van der Waals surface area contributed by atoms with Gasteiger partial charge in [0.05, 0.1) is 33.3 Å². The highest BCUT2D eigenvalue weighted by Gasteiger charge is 2.22. The number of nitrogens with zero attached hydrogens (tertiary/aromatic N) is 1. The molecule has 2 N–H and O–H groups in total. The first-order valence-corrected chi connectivity index (χ1v) is 8.83. The smallest absolute Gasteiger partial charge is 0.137 e. The molecule has 0 amide bonds.